The van der Waals surface area contributed by atoms with Gasteiger partial charge < -0.3 is 24.7 Å². The fourth-order valence-corrected chi connectivity index (χ4v) is 3.64. The molecule has 0 aromatic heterocycles. The van der Waals surface area contributed by atoms with Gasteiger partial charge in [-0.05, 0) is 6.92 Å². The molecule has 0 saturated heterocycles. The summed E-state index contributed by atoms with van der Waals surface area (Å²) in [5.74, 6) is -5.25. The van der Waals surface area contributed by atoms with Gasteiger partial charge in [-0.15, -0.1) is 13.2 Å². The first-order valence-corrected chi connectivity index (χ1v) is 8.60. The molecule has 0 heterocycles. The van der Waals surface area contributed by atoms with Crippen LogP contribution in [0.15, 0.2) is 25.3 Å². The van der Waals surface area contributed by atoms with E-state index in [-0.39, 0.29) is 0 Å². The second-order valence-electron chi connectivity index (χ2n) is 3.94. The van der Waals surface area contributed by atoms with E-state index in [9.17, 15) is 33.5 Å². The van der Waals surface area contributed by atoms with E-state index < -0.39 is 38.8 Å². The third kappa shape index (κ3) is 4.64. The minimum atomic E-state index is -4.91. The van der Waals surface area contributed by atoms with Gasteiger partial charge in [0.2, 0.25) is 0 Å². The monoisotopic (exact) mass is 329 g/mol. The summed E-state index contributed by atoms with van der Waals surface area (Å²) in [5.41, 5.74) is 0. The molecule has 0 aliphatic rings. The molecule has 5 N–H and O–H groups in total. The van der Waals surface area contributed by atoms with Crippen molar-refractivity contribution < 1.29 is 38.6 Å². The van der Waals surface area contributed by atoms with Gasteiger partial charge in [0.15, 0.2) is 0 Å². The summed E-state index contributed by atoms with van der Waals surface area (Å²) in [4.78, 5) is 48.3. The lowest BCUT2D eigenvalue weighted by molar-refractivity contribution is -0.142. The molecule has 2 unspecified atom stereocenters. The van der Waals surface area contributed by atoms with Crippen molar-refractivity contribution >= 4 is 21.2 Å². The SMILES string of the molecule is C=CC(N(C(C=C)P(=O)(O)O)[C@@H](C)C(=O)O)P(=O)(O)O. The molecule has 0 saturated carbocycles. The molecule has 0 aliphatic heterocycles. The van der Waals surface area contributed by atoms with Crippen molar-refractivity contribution in [1.29, 1.82) is 0 Å². The first-order valence-electron chi connectivity index (χ1n) is 5.23. The Labute approximate surface area is 115 Å². The summed E-state index contributed by atoms with van der Waals surface area (Å²) in [5, 5.41) is 8.96. The fraction of sp³-hybridized carbons (Fsp3) is 0.444. The maximum Gasteiger partial charge on any atom is 0.346 e. The number of nitrogens with zero attached hydrogens (tertiary/aromatic N) is 1. The Morgan fingerprint density at radius 1 is 1.05 bits per heavy atom. The lowest BCUT2D eigenvalue weighted by atomic mass is 10.2. The van der Waals surface area contributed by atoms with Crippen molar-refractivity contribution in [1.82, 2.24) is 4.90 Å². The Balaban J connectivity index is 6.02. The van der Waals surface area contributed by atoms with Crippen molar-refractivity contribution in [3.8, 4) is 0 Å². The van der Waals surface area contributed by atoms with Crippen molar-refractivity contribution in [3.05, 3.63) is 25.3 Å². The van der Waals surface area contributed by atoms with Crippen LogP contribution in [0.2, 0.25) is 0 Å². The molecule has 3 atom stereocenters. The zero-order chi connectivity index (χ0) is 16.3. The normalized spacial score (nSPS) is 17.3. The molecule has 0 amide bonds. The molecule has 0 fully saturated rings. The Hall–Kier alpha value is -0.790. The van der Waals surface area contributed by atoms with Gasteiger partial charge in [0.1, 0.15) is 17.6 Å². The Bertz CT molecular complexity index is 446. The third-order valence-corrected chi connectivity index (χ3v) is 4.86. The number of carbonyl (C=O) groups is 1. The van der Waals surface area contributed by atoms with E-state index in [0.29, 0.717) is 4.90 Å². The summed E-state index contributed by atoms with van der Waals surface area (Å²) in [7, 11) is -9.82. The van der Waals surface area contributed by atoms with Crippen LogP contribution in [-0.4, -0.2) is 53.2 Å². The Kier molecular flexibility index (Phi) is 6.51. The van der Waals surface area contributed by atoms with Gasteiger partial charge in [0, 0.05) is 0 Å². The van der Waals surface area contributed by atoms with Crippen LogP contribution in [0.1, 0.15) is 6.92 Å². The Morgan fingerprint density at radius 3 is 1.50 bits per heavy atom. The largest absolute Gasteiger partial charge is 0.480 e. The standard InChI is InChI=1S/C9H17NO8P2/c1-4-7(19(13,14)15)10(6(3)9(11)12)8(5-2)20(16,17)18/h4-8H,1-2H2,3H3,(H,11,12)(H2,13,14,15)(H2,16,17,18)/t6-,7?,8?/m0/s1. The van der Waals surface area contributed by atoms with Gasteiger partial charge >= 0.3 is 21.2 Å². The van der Waals surface area contributed by atoms with E-state index in [0.717, 1.165) is 19.1 Å². The average Bonchev–Trinajstić information content (AvgIpc) is 2.24. The maximum absolute atomic E-state index is 11.4. The molecule has 0 bridgehead atoms. The quantitative estimate of drug-likeness (QED) is 0.309. The molecule has 0 aliphatic carbocycles. The summed E-state index contributed by atoms with van der Waals surface area (Å²) < 4.78 is 22.8. The predicted octanol–water partition coefficient (Wildman–Crippen LogP) is 0.141. The van der Waals surface area contributed by atoms with E-state index in [4.69, 9.17) is 5.11 Å². The van der Waals surface area contributed by atoms with Crippen LogP contribution >= 0.6 is 15.2 Å². The van der Waals surface area contributed by atoms with Crippen molar-refractivity contribution in [2.75, 3.05) is 0 Å². The number of carboxylic acid groups (broad SMARTS) is 1. The van der Waals surface area contributed by atoms with Crippen molar-refractivity contribution in [2.24, 2.45) is 0 Å². The molecule has 0 aromatic carbocycles. The Morgan fingerprint density at radius 2 is 1.35 bits per heavy atom. The number of aliphatic carboxylic acids is 1. The van der Waals surface area contributed by atoms with Gasteiger partial charge in [0.05, 0.1) is 0 Å². The second kappa shape index (κ2) is 6.78. The summed E-state index contributed by atoms with van der Waals surface area (Å²) in [6, 6.07) is -1.58. The molecule has 0 aromatic rings. The molecule has 11 heteroatoms. The lowest BCUT2D eigenvalue weighted by Crippen LogP contribution is -2.50. The highest BCUT2D eigenvalue weighted by atomic mass is 31.2. The van der Waals surface area contributed by atoms with E-state index >= 15 is 0 Å². The molecule has 0 radical (unpaired) electrons. The van der Waals surface area contributed by atoms with Gasteiger partial charge in [0.25, 0.3) is 0 Å². The highest BCUT2D eigenvalue weighted by molar-refractivity contribution is 7.53. The van der Waals surface area contributed by atoms with Crippen LogP contribution < -0.4 is 0 Å². The van der Waals surface area contributed by atoms with Crippen LogP contribution in [0.3, 0.4) is 0 Å². The summed E-state index contributed by atoms with van der Waals surface area (Å²) in [6.45, 7) is 7.39. The lowest BCUT2D eigenvalue weighted by Gasteiger charge is -2.37. The van der Waals surface area contributed by atoms with Gasteiger partial charge in [-0.3, -0.25) is 18.8 Å². The van der Waals surface area contributed by atoms with Crippen LogP contribution in [-0.2, 0) is 13.9 Å². The molecular weight excluding hydrogens is 312 g/mol. The first-order chi connectivity index (χ1) is 8.87. The van der Waals surface area contributed by atoms with Gasteiger partial charge in [-0.25, -0.2) is 0 Å². The number of rotatable bonds is 8. The minimum Gasteiger partial charge on any atom is -0.480 e. The average molecular weight is 329 g/mol. The van der Waals surface area contributed by atoms with E-state index in [1.807, 2.05) is 0 Å². The smallest absolute Gasteiger partial charge is 0.346 e. The minimum absolute atomic E-state index is 0.490. The highest BCUT2D eigenvalue weighted by Crippen LogP contribution is 2.51. The summed E-state index contributed by atoms with van der Waals surface area (Å²) in [6.07, 6.45) is 1.48. The molecule has 9 nitrogen and oxygen atoms in total. The van der Waals surface area contributed by atoms with Crippen molar-refractivity contribution in [2.45, 2.75) is 24.5 Å². The summed E-state index contributed by atoms with van der Waals surface area (Å²) >= 11 is 0. The molecular formula is C9H17NO8P2. The number of hydrogen-bond donors (Lipinski definition) is 5. The van der Waals surface area contributed by atoms with Crippen molar-refractivity contribution in [3.63, 3.8) is 0 Å². The van der Waals surface area contributed by atoms with Crippen LogP contribution in [0.5, 0.6) is 0 Å². The zero-order valence-electron chi connectivity index (χ0n) is 10.6. The van der Waals surface area contributed by atoms with Gasteiger partial charge in [-0.1, -0.05) is 12.2 Å². The van der Waals surface area contributed by atoms with Crippen LogP contribution in [0.25, 0.3) is 0 Å². The van der Waals surface area contributed by atoms with Gasteiger partial charge in [-0.2, -0.15) is 0 Å². The molecule has 20 heavy (non-hydrogen) atoms. The zero-order valence-corrected chi connectivity index (χ0v) is 12.4. The van der Waals surface area contributed by atoms with E-state index in [1.54, 1.807) is 0 Å². The predicted molar refractivity (Wildman–Crippen MR) is 71.0 cm³/mol. The molecule has 0 spiro atoms. The molecule has 116 valence electrons. The second-order valence-corrected chi connectivity index (χ2v) is 7.35. The number of hydrogen-bond acceptors (Lipinski definition) is 4. The van der Waals surface area contributed by atoms with Crippen LogP contribution in [0, 0.1) is 0 Å². The third-order valence-electron chi connectivity index (χ3n) is 2.53. The van der Waals surface area contributed by atoms with Crippen LogP contribution in [0.4, 0.5) is 0 Å². The van der Waals surface area contributed by atoms with E-state index in [2.05, 4.69) is 13.2 Å². The number of carboxylic acids is 1. The fourth-order valence-electron chi connectivity index (χ4n) is 1.61. The molecule has 0 rings (SSSR count). The maximum atomic E-state index is 11.4. The first kappa shape index (κ1) is 19.2. The topological polar surface area (TPSA) is 156 Å². The van der Waals surface area contributed by atoms with E-state index in [1.165, 1.54) is 0 Å². The highest BCUT2D eigenvalue weighted by Gasteiger charge is 2.45.